The number of aryl methyl sites for hydroxylation is 1. The lowest BCUT2D eigenvalue weighted by molar-refractivity contribution is 0.102. The number of fused-ring (bicyclic) bond motifs is 1. The van der Waals surface area contributed by atoms with E-state index >= 15 is 0 Å². The van der Waals surface area contributed by atoms with Gasteiger partial charge in [0, 0.05) is 12.1 Å². The Morgan fingerprint density at radius 1 is 0.925 bits per heavy atom. The molecule has 40 heavy (non-hydrogen) atoms. The average molecular weight is 581 g/mol. The smallest absolute Gasteiger partial charge is 0.322 e. The first-order valence-corrected chi connectivity index (χ1v) is 15.7. The molecule has 4 aromatic rings. The Morgan fingerprint density at radius 3 is 2.30 bits per heavy atom. The van der Waals surface area contributed by atoms with E-state index in [0.717, 1.165) is 24.0 Å². The minimum absolute atomic E-state index is 0.0908. The Bertz CT molecular complexity index is 1750. The van der Waals surface area contributed by atoms with Gasteiger partial charge in [-0.1, -0.05) is 35.4 Å². The number of carbonyl (C=O) groups is 1. The first kappa shape index (κ1) is 27.5. The van der Waals surface area contributed by atoms with E-state index in [9.17, 15) is 21.6 Å². The molecule has 5 rings (SSSR count). The molecule has 0 unspecified atom stereocenters. The molecule has 1 aromatic heterocycles. The molecule has 1 aliphatic heterocycles. The summed E-state index contributed by atoms with van der Waals surface area (Å²) < 4.78 is 58.2. The van der Waals surface area contributed by atoms with Crippen LogP contribution in [0.1, 0.15) is 47.6 Å². The van der Waals surface area contributed by atoms with Crippen molar-refractivity contribution in [3.05, 3.63) is 95.4 Å². The van der Waals surface area contributed by atoms with Crippen molar-refractivity contribution in [1.29, 1.82) is 0 Å². The summed E-state index contributed by atoms with van der Waals surface area (Å²) in [5.74, 6) is -0.302. The van der Waals surface area contributed by atoms with Crippen LogP contribution in [0.15, 0.2) is 87.0 Å². The van der Waals surface area contributed by atoms with Crippen LogP contribution < -0.4 is 9.62 Å². The van der Waals surface area contributed by atoms with Crippen molar-refractivity contribution in [1.82, 2.24) is 10.2 Å². The molecule has 3 aromatic carbocycles. The fraction of sp³-hybridized carbons (Fsp3) is 0.250. The Labute approximate surface area is 233 Å². The SMILES string of the molecule is CC(C)S(=O)(=O)c1ccc(Cc2nnc(NC(=O)c3ccc(S(=O)(=O)N4CCCc5ccccc54)cc3)o2)cc1. The van der Waals surface area contributed by atoms with Crippen LogP contribution in [0.5, 0.6) is 0 Å². The van der Waals surface area contributed by atoms with Crippen molar-refractivity contribution < 1.29 is 26.0 Å². The molecule has 0 spiro atoms. The number of aromatic nitrogens is 2. The number of nitrogens with one attached hydrogen (secondary N) is 1. The van der Waals surface area contributed by atoms with Crippen LogP contribution in [-0.4, -0.2) is 44.7 Å². The monoisotopic (exact) mass is 580 g/mol. The second-order valence-electron chi connectivity index (χ2n) is 9.70. The maximum Gasteiger partial charge on any atom is 0.322 e. The zero-order valence-electron chi connectivity index (χ0n) is 21.9. The number of para-hydroxylation sites is 1. The lowest BCUT2D eigenvalue weighted by atomic mass is 10.0. The molecule has 1 amide bonds. The van der Waals surface area contributed by atoms with E-state index in [1.54, 1.807) is 32.0 Å². The van der Waals surface area contributed by atoms with Gasteiger partial charge in [-0.15, -0.1) is 5.10 Å². The number of hydrogen-bond donors (Lipinski definition) is 1. The molecule has 208 valence electrons. The molecular formula is C28H28N4O6S2. The van der Waals surface area contributed by atoms with E-state index in [4.69, 9.17) is 4.42 Å². The summed E-state index contributed by atoms with van der Waals surface area (Å²) in [6.45, 7) is 3.65. The van der Waals surface area contributed by atoms with Gasteiger partial charge in [-0.25, -0.2) is 16.8 Å². The minimum atomic E-state index is -3.79. The van der Waals surface area contributed by atoms with Gasteiger partial charge in [-0.2, -0.15) is 0 Å². The summed E-state index contributed by atoms with van der Waals surface area (Å²) in [5.41, 5.74) is 2.65. The van der Waals surface area contributed by atoms with Crippen LogP contribution in [-0.2, 0) is 32.7 Å². The number of benzene rings is 3. The average Bonchev–Trinajstić information content (AvgIpc) is 3.39. The molecule has 0 saturated carbocycles. The third kappa shape index (κ3) is 5.50. The van der Waals surface area contributed by atoms with Crippen LogP contribution in [0, 0.1) is 0 Å². The molecular weight excluding hydrogens is 552 g/mol. The number of rotatable bonds is 8. The van der Waals surface area contributed by atoms with Gasteiger partial charge in [-0.05, 0) is 80.3 Å². The molecule has 2 heterocycles. The summed E-state index contributed by atoms with van der Waals surface area (Å²) in [5, 5.41) is 9.79. The van der Waals surface area contributed by atoms with Gasteiger partial charge < -0.3 is 4.42 Å². The molecule has 12 heteroatoms. The van der Waals surface area contributed by atoms with Crippen molar-refractivity contribution in [3.8, 4) is 0 Å². The van der Waals surface area contributed by atoms with Crippen molar-refractivity contribution in [3.63, 3.8) is 0 Å². The van der Waals surface area contributed by atoms with Crippen LogP contribution in [0.2, 0.25) is 0 Å². The van der Waals surface area contributed by atoms with Gasteiger partial charge >= 0.3 is 6.01 Å². The summed E-state index contributed by atoms with van der Waals surface area (Å²) in [6.07, 6.45) is 1.80. The lowest BCUT2D eigenvalue weighted by Crippen LogP contribution is -2.35. The molecule has 1 aliphatic rings. The number of sulfonamides is 1. The standard InChI is InChI=1S/C28H28N4O6S2/c1-19(2)39(34,35)23-13-9-20(10-14-23)18-26-30-31-28(38-26)29-27(33)22-11-15-24(16-12-22)40(36,37)32-17-5-7-21-6-3-4-8-25(21)32/h3-4,6,8-16,19H,5,7,17-18H2,1-2H3,(H,29,31,33). The number of amides is 1. The summed E-state index contributed by atoms with van der Waals surface area (Å²) in [6, 6.07) is 19.5. The van der Waals surface area contributed by atoms with Gasteiger partial charge in [0.2, 0.25) is 5.89 Å². The van der Waals surface area contributed by atoms with Crippen molar-refractivity contribution in [2.24, 2.45) is 0 Å². The molecule has 0 atom stereocenters. The van der Waals surface area contributed by atoms with Crippen molar-refractivity contribution >= 4 is 37.5 Å². The highest BCUT2D eigenvalue weighted by Crippen LogP contribution is 2.32. The van der Waals surface area contributed by atoms with Gasteiger partial charge in [0.15, 0.2) is 9.84 Å². The predicted octanol–water partition coefficient (Wildman–Crippen LogP) is 4.24. The molecule has 0 bridgehead atoms. The highest BCUT2D eigenvalue weighted by atomic mass is 32.2. The van der Waals surface area contributed by atoms with Crippen molar-refractivity contribution in [2.45, 2.75) is 48.2 Å². The molecule has 0 aliphatic carbocycles. The third-order valence-corrected chi connectivity index (χ3v) is 10.7. The molecule has 0 fully saturated rings. The lowest BCUT2D eigenvalue weighted by Gasteiger charge is -2.30. The zero-order chi connectivity index (χ0) is 28.5. The van der Waals surface area contributed by atoms with Crippen LogP contribution in [0.3, 0.4) is 0 Å². The summed E-state index contributed by atoms with van der Waals surface area (Å²) in [4.78, 5) is 13.1. The molecule has 1 N–H and O–H groups in total. The van der Waals surface area contributed by atoms with Crippen LogP contribution >= 0.6 is 0 Å². The van der Waals surface area contributed by atoms with E-state index in [1.807, 2.05) is 18.2 Å². The second-order valence-corrected chi connectivity index (χ2v) is 14.1. The van der Waals surface area contributed by atoms with E-state index in [2.05, 4.69) is 15.5 Å². The Balaban J connectivity index is 1.24. The van der Waals surface area contributed by atoms with E-state index in [1.165, 1.54) is 40.7 Å². The number of sulfone groups is 1. The quantitative estimate of drug-likeness (QED) is 0.327. The number of nitrogens with zero attached hydrogens (tertiary/aromatic N) is 3. The van der Waals surface area contributed by atoms with Crippen molar-refractivity contribution in [2.75, 3.05) is 16.2 Å². The molecule has 10 nitrogen and oxygen atoms in total. The van der Waals surface area contributed by atoms with E-state index in [-0.39, 0.29) is 33.7 Å². The zero-order valence-corrected chi connectivity index (χ0v) is 23.6. The van der Waals surface area contributed by atoms with Gasteiger partial charge in [0.05, 0.1) is 27.1 Å². The Morgan fingerprint density at radius 2 is 1.60 bits per heavy atom. The maximum atomic E-state index is 13.3. The first-order valence-electron chi connectivity index (χ1n) is 12.7. The normalized spacial score (nSPS) is 13.7. The highest BCUT2D eigenvalue weighted by molar-refractivity contribution is 7.93. The highest BCUT2D eigenvalue weighted by Gasteiger charge is 2.29. The Hall–Kier alpha value is -4.03. The predicted molar refractivity (Wildman–Crippen MR) is 150 cm³/mol. The number of carbonyl (C=O) groups excluding carboxylic acids is 1. The van der Waals surface area contributed by atoms with Gasteiger partial charge in [-0.3, -0.25) is 14.4 Å². The number of anilines is 2. The summed E-state index contributed by atoms with van der Waals surface area (Å²) >= 11 is 0. The van der Waals surface area contributed by atoms with Gasteiger partial charge in [0.1, 0.15) is 0 Å². The first-order chi connectivity index (χ1) is 19.1. The van der Waals surface area contributed by atoms with Crippen LogP contribution in [0.4, 0.5) is 11.7 Å². The summed E-state index contributed by atoms with van der Waals surface area (Å²) in [7, 11) is -7.16. The minimum Gasteiger partial charge on any atom is -0.407 e. The van der Waals surface area contributed by atoms with Gasteiger partial charge in [0.25, 0.3) is 15.9 Å². The van der Waals surface area contributed by atoms with Crippen LogP contribution in [0.25, 0.3) is 0 Å². The fourth-order valence-electron chi connectivity index (χ4n) is 4.44. The maximum absolute atomic E-state index is 13.3. The number of hydrogen-bond acceptors (Lipinski definition) is 8. The fourth-order valence-corrected chi connectivity index (χ4v) is 7.04. The second kappa shape index (κ2) is 10.9. The topological polar surface area (TPSA) is 140 Å². The van der Waals surface area contributed by atoms with E-state index in [0.29, 0.717) is 12.2 Å². The van der Waals surface area contributed by atoms with E-state index < -0.39 is 31.0 Å². The molecule has 0 saturated heterocycles. The third-order valence-electron chi connectivity index (χ3n) is 6.69. The molecule has 0 radical (unpaired) electrons. The largest absolute Gasteiger partial charge is 0.407 e. The Kier molecular flexibility index (Phi) is 7.47.